The van der Waals surface area contributed by atoms with Crippen LogP contribution in [0.2, 0.25) is 0 Å². The normalized spacial score (nSPS) is 24.2. The number of hydrogen-bond donors (Lipinski definition) is 4. The van der Waals surface area contributed by atoms with Gasteiger partial charge >= 0.3 is 5.97 Å². The highest BCUT2D eigenvalue weighted by Gasteiger charge is 2.37. The fraction of sp³-hybridized carbons (Fsp3) is 0.500. The van der Waals surface area contributed by atoms with Crippen LogP contribution in [0, 0.1) is 0 Å². The minimum absolute atomic E-state index is 0.145. The molecule has 8 rings (SSSR count). The van der Waals surface area contributed by atoms with E-state index in [4.69, 9.17) is 14.6 Å². The van der Waals surface area contributed by atoms with Gasteiger partial charge in [0, 0.05) is 63.2 Å². The lowest BCUT2D eigenvalue weighted by Crippen LogP contribution is -2.54. The maximum Gasteiger partial charge on any atom is 0.336 e. The Hall–Kier alpha value is -3.36. The molecule has 240 valence electrons. The molecule has 0 aromatic carbocycles. The summed E-state index contributed by atoms with van der Waals surface area (Å²) in [5, 5.41) is 29.0. The molecule has 4 aromatic heterocycles. The number of ether oxygens (including phenoxy) is 2. The standard InChI is InChI=1S/C16H19N3O2S.C8H6N2O2S.C8H15NO/c20-16(11-7-15(22-10-11)12-8-17-18-9-12)19-5-6-21-14-4-2-1-3-13(14)19;11-8(12)5-1-7(13-4-5)6-2-9-10-3-6;1-2-4-8-7(3-1)9-5-6-10-8/h7-10,13-14H,1-6H2,(H,17,18);1-4H,(H,9,10)(H,11,12);7-9H,1-6H2. The van der Waals surface area contributed by atoms with Crippen LogP contribution in [-0.2, 0) is 9.47 Å². The van der Waals surface area contributed by atoms with E-state index in [1.807, 2.05) is 22.5 Å². The Labute approximate surface area is 270 Å². The molecular formula is C32H40N6O5S2. The molecule has 13 heteroatoms. The number of hydrogen-bond acceptors (Lipinski definition) is 9. The fourth-order valence-corrected chi connectivity index (χ4v) is 8.20. The molecule has 4 fully saturated rings. The smallest absolute Gasteiger partial charge is 0.336 e. The van der Waals surface area contributed by atoms with Crippen molar-refractivity contribution in [2.24, 2.45) is 0 Å². The monoisotopic (exact) mass is 652 g/mol. The average molecular weight is 653 g/mol. The number of H-pyrrole nitrogens is 2. The van der Waals surface area contributed by atoms with Crippen molar-refractivity contribution in [2.45, 2.75) is 75.7 Å². The van der Waals surface area contributed by atoms with E-state index in [1.54, 1.807) is 41.4 Å². The second kappa shape index (κ2) is 15.3. The van der Waals surface area contributed by atoms with Crippen molar-refractivity contribution in [2.75, 3.05) is 26.3 Å². The number of aromatic carboxylic acids is 1. The third-order valence-corrected chi connectivity index (χ3v) is 10.8. The van der Waals surface area contributed by atoms with Crippen molar-refractivity contribution >= 4 is 34.6 Å². The first-order chi connectivity index (χ1) is 22.1. The molecule has 4 atom stereocenters. The van der Waals surface area contributed by atoms with Gasteiger partial charge in [-0.3, -0.25) is 15.0 Å². The predicted molar refractivity (Wildman–Crippen MR) is 174 cm³/mol. The van der Waals surface area contributed by atoms with Crippen LogP contribution in [0.25, 0.3) is 20.9 Å². The molecule has 4 aromatic rings. The summed E-state index contributed by atoms with van der Waals surface area (Å²) in [5.41, 5.74) is 3.05. The van der Waals surface area contributed by atoms with Gasteiger partial charge in [0.05, 0.1) is 55.0 Å². The number of nitrogens with zero attached hydrogens (tertiary/aromatic N) is 3. The molecule has 1 amide bonds. The summed E-state index contributed by atoms with van der Waals surface area (Å²) in [7, 11) is 0. The van der Waals surface area contributed by atoms with Gasteiger partial charge in [-0.1, -0.05) is 25.7 Å². The van der Waals surface area contributed by atoms with E-state index in [0.29, 0.717) is 30.9 Å². The number of fused-ring (bicyclic) bond motifs is 2. The van der Waals surface area contributed by atoms with Crippen LogP contribution in [0.3, 0.4) is 0 Å². The van der Waals surface area contributed by atoms with Gasteiger partial charge in [0.1, 0.15) is 0 Å². The number of carboxylic acid groups (broad SMARTS) is 1. The van der Waals surface area contributed by atoms with Crippen LogP contribution in [0.4, 0.5) is 0 Å². The van der Waals surface area contributed by atoms with Crippen LogP contribution in [0.15, 0.2) is 47.7 Å². The SMILES string of the molecule is C1CCC2OCCNC2C1.O=C(O)c1csc(-c2cn[nH]c2)c1.O=C(c1csc(-c2cn[nH]c2)c1)N1CCOC2CCCCC21. The molecular weight excluding hydrogens is 613 g/mol. The number of morpholine rings is 2. The second-order valence-electron chi connectivity index (χ2n) is 11.7. The number of carboxylic acids is 1. The van der Waals surface area contributed by atoms with E-state index in [9.17, 15) is 9.59 Å². The van der Waals surface area contributed by atoms with E-state index >= 15 is 0 Å². The highest BCUT2D eigenvalue weighted by molar-refractivity contribution is 7.14. The highest BCUT2D eigenvalue weighted by atomic mass is 32.1. The summed E-state index contributed by atoms with van der Waals surface area (Å²) in [4.78, 5) is 27.5. The van der Waals surface area contributed by atoms with Crippen LogP contribution in [0.5, 0.6) is 0 Å². The van der Waals surface area contributed by atoms with Crippen molar-refractivity contribution < 1.29 is 24.2 Å². The number of aromatic nitrogens is 4. The van der Waals surface area contributed by atoms with Gasteiger partial charge in [-0.15, -0.1) is 22.7 Å². The van der Waals surface area contributed by atoms with Crippen molar-refractivity contribution in [3.63, 3.8) is 0 Å². The number of carbonyl (C=O) groups excluding carboxylic acids is 1. The molecule has 4 aliphatic rings. The van der Waals surface area contributed by atoms with Crippen LogP contribution >= 0.6 is 22.7 Å². The average Bonchev–Trinajstić information content (AvgIpc) is 3.92. The summed E-state index contributed by atoms with van der Waals surface area (Å²) < 4.78 is 11.5. The maximum atomic E-state index is 12.9. The Bertz CT molecular complexity index is 1480. The van der Waals surface area contributed by atoms with E-state index < -0.39 is 5.97 Å². The summed E-state index contributed by atoms with van der Waals surface area (Å²) in [5.74, 6) is -0.753. The summed E-state index contributed by atoms with van der Waals surface area (Å²) in [6.45, 7) is 3.34. The third kappa shape index (κ3) is 7.90. The van der Waals surface area contributed by atoms with Crippen molar-refractivity contribution in [1.29, 1.82) is 0 Å². The van der Waals surface area contributed by atoms with Crippen molar-refractivity contribution in [1.82, 2.24) is 30.6 Å². The number of amides is 1. The molecule has 0 radical (unpaired) electrons. The second-order valence-corrected chi connectivity index (χ2v) is 13.5. The lowest BCUT2D eigenvalue weighted by atomic mass is 9.90. The van der Waals surface area contributed by atoms with E-state index in [2.05, 4.69) is 25.7 Å². The zero-order chi connectivity index (χ0) is 31.0. The first-order valence-electron chi connectivity index (χ1n) is 15.7. The fourth-order valence-electron chi connectivity index (χ4n) is 6.47. The van der Waals surface area contributed by atoms with Crippen LogP contribution < -0.4 is 5.32 Å². The summed E-state index contributed by atoms with van der Waals surface area (Å²) in [6, 6.07) is 4.55. The van der Waals surface area contributed by atoms with Crippen molar-refractivity contribution in [3.8, 4) is 20.9 Å². The minimum Gasteiger partial charge on any atom is -0.478 e. The Balaban J connectivity index is 0.000000131. The number of thiophene rings is 2. The van der Waals surface area contributed by atoms with Gasteiger partial charge in [0.25, 0.3) is 5.91 Å². The van der Waals surface area contributed by atoms with Crippen molar-refractivity contribution in [3.05, 3.63) is 58.8 Å². The number of nitrogens with one attached hydrogen (secondary N) is 3. The zero-order valence-electron chi connectivity index (χ0n) is 25.2. The van der Waals surface area contributed by atoms with Gasteiger partial charge in [-0.05, 0) is 37.8 Å². The molecule has 2 aliphatic heterocycles. The molecule has 2 saturated heterocycles. The molecule has 11 nitrogen and oxygen atoms in total. The minimum atomic E-state index is -0.897. The molecule has 4 N–H and O–H groups in total. The first-order valence-corrected chi connectivity index (χ1v) is 17.5. The van der Waals surface area contributed by atoms with Crippen LogP contribution in [0.1, 0.15) is 72.1 Å². The summed E-state index contributed by atoms with van der Waals surface area (Å²) >= 11 is 2.98. The van der Waals surface area contributed by atoms with Crippen LogP contribution in [-0.4, -0.2) is 92.9 Å². The first kappa shape index (κ1) is 31.6. The van der Waals surface area contributed by atoms with E-state index in [0.717, 1.165) is 52.4 Å². The number of carbonyl (C=O) groups is 2. The van der Waals surface area contributed by atoms with Gasteiger partial charge in [0.15, 0.2) is 0 Å². The molecule has 6 heterocycles. The number of aromatic amines is 2. The Morgan fingerprint density at radius 2 is 1.44 bits per heavy atom. The van der Waals surface area contributed by atoms with E-state index in [-0.39, 0.29) is 18.1 Å². The van der Waals surface area contributed by atoms with Gasteiger partial charge in [-0.2, -0.15) is 10.2 Å². The highest BCUT2D eigenvalue weighted by Crippen LogP contribution is 2.32. The molecule has 2 aliphatic carbocycles. The molecule has 2 saturated carbocycles. The van der Waals surface area contributed by atoms with Gasteiger partial charge < -0.3 is 24.8 Å². The molecule has 0 spiro atoms. The lowest BCUT2D eigenvalue weighted by Gasteiger charge is -2.43. The van der Waals surface area contributed by atoms with Gasteiger partial charge in [0.2, 0.25) is 0 Å². The quantitative estimate of drug-likeness (QED) is 0.221. The summed E-state index contributed by atoms with van der Waals surface area (Å²) in [6.07, 6.45) is 17.7. The van der Waals surface area contributed by atoms with Gasteiger partial charge in [-0.25, -0.2) is 4.79 Å². The third-order valence-electron chi connectivity index (χ3n) is 8.79. The Morgan fingerprint density at radius 1 is 0.822 bits per heavy atom. The van der Waals surface area contributed by atoms with E-state index in [1.165, 1.54) is 49.9 Å². The molecule has 4 unspecified atom stereocenters. The largest absolute Gasteiger partial charge is 0.478 e. The maximum absolute atomic E-state index is 12.9. The zero-order valence-corrected chi connectivity index (χ0v) is 26.8. The number of rotatable bonds is 4. The Morgan fingerprint density at radius 3 is 2.09 bits per heavy atom. The molecule has 45 heavy (non-hydrogen) atoms. The predicted octanol–water partition coefficient (Wildman–Crippen LogP) is 5.68. The topological polar surface area (TPSA) is 145 Å². The molecule has 0 bridgehead atoms. The Kier molecular flexibility index (Phi) is 10.7. The lowest BCUT2D eigenvalue weighted by molar-refractivity contribution is -0.0752.